The molecule has 3 N–H and O–H groups in total. The van der Waals surface area contributed by atoms with Gasteiger partial charge in [0.05, 0.1) is 6.54 Å². The van der Waals surface area contributed by atoms with Crippen molar-refractivity contribution in [2.75, 3.05) is 13.1 Å². The average molecular weight is 470 g/mol. The summed E-state index contributed by atoms with van der Waals surface area (Å²) in [5.41, 5.74) is 1.66. The molecule has 1 atom stereocenters. The molecule has 9 nitrogen and oxygen atoms in total. The van der Waals surface area contributed by atoms with E-state index in [1.165, 1.54) is 0 Å². The van der Waals surface area contributed by atoms with E-state index in [1.54, 1.807) is 0 Å². The summed E-state index contributed by atoms with van der Waals surface area (Å²) in [4.78, 5) is 48.4. The largest absolute Gasteiger partial charge is 0.459 e. The summed E-state index contributed by atoms with van der Waals surface area (Å²) in [5, 5.41) is 7.31. The van der Waals surface area contributed by atoms with Gasteiger partial charge in [-0.1, -0.05) is 74.5 Å². The summed E-state index contributed by atoms with van der Waals surface area (Å²) in [6, 6.07) is 17.5. The predicted octanol–water partition coefficient (Wildman–Crippen LogP) is 2.30. The molecule has 182 valence electrons. The number of carbonyl (C=O) groups excluding carboxylic acids is 4. The predicted molar refractivity (Wildman–Crippen MR) is 125 cm³/mol. The van der Waals surface area contributed by atoms with Crippen molar-refractivity contribution in [2.24, 2.45) is 5.92 Å². The summed E-state index contributed by atoms with van der Waals surface area (Å²) >= 11 is 0. The smallest absolute Gasteiger partial charge is 0.407 e. The maximum Gasteiger partial charge on any atom is 0.407 e. The molecule has 0 heterocycles. The molecule has 0 aliphatic heterocycles. The maximum atomic E-state index is 12.5. The molecule has 2 aromatic carbocycles. The molecule has 0 aliphatic rings. The van der Waals surface area contributed by atoms with Gasteiger partial charge >= 0.3 is 12.1 Å². The van der Waals surface area contributed by atoms with E-state index in [1.807, 2.05) is 74.5 Å². The van der Waals surface area contributed by atoms with Crippen LogP contribution < -0.4 is 16.0 Å². The van der Waals surface area contributed by atoms with Crippen LogP contribution in [-0.4, -0.2) is 43.0 Å². The number of ether oxygens (including phenoxy) is 2. The van der Waals surface area contributed by atoms with Gasteiger partial charge in [0, 0.05) is 0 Å². The molecule has 0 fully saturated rings. The lowest BCUT2D eigenvalue weighted by atomic mass is 10.0. The first-order chi connectivity index (χ1) is 16.3. The molecular weight excluding hydrogens is 438 g/mol. The van der Waals surface area contributed by atoms with E-state index in [4.69, 9.17) is 9.47 Å². The Morgan fingerprint density at radius 2 is 1.26 bits per heavy atom. The van der Waals surface area contributed by atoms with E-state index in [9.17, 15) is 19.2 Å². The molecule has 0 spiro atoms. The number of amides is 3. The first kappa shape index (κ1) is 26.4. The Balaban J connectivity index is 1.70. The minimum atomic E-state index is -0.834. The fraction of sp³-hybridized carbons (Fsp3) is 0.360. The lowest BCUT2D eigenvalue weighted by molar-refractivity contribution is -0.149. The van der Waals surface area contributed by atoms with Crippen LogP contribution in [0.1, 0.15) is 31.4 Å². The van der Waals surface area contributed by atoms with Crippen molar-refractivity contribution in [1.82, 2.24) is 16.0 Å². The second-order valence-electron chi connectivity index (χ2n) is 8.03. The number of alkyl carbamates (subject to hydrolysis) is 1. The number of benzene rings is 2. The highest BCUT2D eigenvalue weighted by Crippen LogP contribution is 2.09. The molecule has 0 saturated carbocycles. The van der Waals surface area contributed by atoms with Crippen LogP contribution in [0.25, 0.3) is 0 Å². The number of nitrogens with one attached hydrogen (secondary N) is 3. The molecule has 3 amide bonds. The number of esters is 1. The third-order valence-electron chi connectivity index (χ3n) is 4.60. The van der Waals surface area contributed by atoms with Gasteiger partial charge < -0.3 is 25.4 Å². The van der Waals surface area contributed by atoms with Crippen LogP contribution in [0, 0.1) is 5.92 Å². The van der Waals surface area contributed by atoms with E-state index < -0.39 is 29.9 Å². The highest BCUT2D eigenvalue weighted by Gasteiger charge is 2.23. The summed E-state index contributed by atoms with van der Waals surface area (Å²) < 4.78 is 10.3. The van der Waals surface area contributed by atoms with Crippen molar-refractivity contribution in [2.45, 2.75) is 39.5 Å². The second kappa shape index (κ2) is 14.3. The molecule has 2 rings (SSSR count). The fourth-order valence-corrected chi connectivity index (χ4v) is 2.93. The highest BCUT2D eigenvalue weighted by molar-refractivity contribution is 5.89. The van der Waals surface area contributed by atoms with Gasteiger partial charge in [-0.15, -0.1) is 0 Å². The van der Waals surface area contributed by atoms with Gasteiger partial charge in [-0.05, 0) is 23.5 Å². The van der Waals surface area contributed by atoms with E-state index >= 15 is 0 Å². The highest BCUT2D eigenvalue weighted by atomic mass is 16.5. The molecule has 0 unspecified atom stereocenters. The maximum absolute atomic E-state index is 12.5. The van der Waals surface area contributed by atoms with Crippen LogP contribution in [-0.2, 0) is 37.1 Å². The Morgan fingerprint density at radius 1 is 0.735 bits per heavy atom. The summed E-state index contributed by atoms with van der Waals surface area (Å²) in [6.07, 6.45) is -0.358. The van der Waals surface area contributed by atoms with Crippen LogP contribution in [0.15, 0.2) is 60.7 Å². The van der Waals surface area contributed by atoms with E-state index in [0.717, 1.165) is 11.1 Å². The van der Waals surface area contributed by atoms with Crippen LogP contribution in [0.2, 0.25) is 0 Å². The monoisotopic (exact) mass is 469 g/mol. The first-order valence-corrected chi connectivity index (χ1v) is 11.0. The number of carbonyl (C=O) groups is 4. The van der Waals surface area contributed by atoms with Crippen molar-refractivity contribution in [3.8, 4) is 0 Å². The second-order valence-corrected chi connectivity index (χ2v) is 8.03. The van der Waals surface area contributed by atoms with Crippen LogP contribution in [0.3, 0.4) is 0 Å². The summed E-state index contributed by atoms with van der Waals surface area (Å²) in [6.45, 7) is 3.33. The van der Waals surface area contributed by atoms with Crippen molar-refractivity contribution in [3.63, 3.8) is 0 Å². The number of rotatable bonds is 12. The molecule has 9 heteroatoms. The topological polar surface area (TPSA) is 123 Å². The van der Waals surface area contributed by atoms with Crippen LogP contribution in [0.5, 0.6) is 0 Å². The van der Waals surface area contributed by atoms with Crippen molar-refractivity contribution in [1.29, 1.82) is 0 Å². The van der Waals surface area contributed by atoms with Gasteiger partial charge in [0.15, 0.2) is 0 Å². The first-order valence-electron chi connectivity index (χ1n) is 11.0. The molecule has 0 aromatic heterocycles. The van der Waals surface area contributed by atoms with Gasteiger partial charge in [-0.25, -0.2) is 9.59 Å². The molecule has 34 heavy (non-hydrogen) atoms. The summed E-state index contributed by atoms with van der Waals surface area (Å²) in [7, 11) is 0. The number of hydrogen-bond acceptors (Lipinski definition) is 6. The third kappa shape index (κ3) is 10.6. The average Bonchev–Trinajstić information content (AvgIpc) is 2.84. The zero-order valence-corrected chi connectivity index (χ0v) is 19.4. The fourth-order valence-electron chi connectivity index (χ4n) is 2.93. The lowest BCUT2D eigenvalue weighted by Crippen LogP contribution is -2.48. The van der Waals surface area contributed by atoms with Gasteiger partial charge in [0.25, 0.3) is 0 Å². The van der Waals surface area contributed by atoms with E-state index in [0.29, 0.717) is 6.42 Å². The zero-order chi connectivity index (χ0) is 24.8. The third-order valence-corrected chi connectivity index (χ3v) is 4.60. The Morgan fingerprint density at radius 3 is 1.82 bits per heavy atom. The van der Waals surface area contributed by atoms with Crippen molar-refractivity contribution < 1.29 is 28.7 Å². The Hall–Kier alpha value is -3.88. The molecule has 0 aliphatic carbocycles. The number of hydrogen-bond donors (Lipinski definition) is 3. The van der Waals surface area contributed by atoms with Gasteiger partial charge in [0.1, 0.15) is 25.8 Å². The quantitative estimate of drug-likeness (QED) is 0.410. The van der Waals surface area contributed by atoms with Crippen molar-refractivity contribution in [3.05, 3.63) is 71.8 Å². The molecule has 0 radical (unpaired) electrons. The Labute approximate surface area is 199 Å². The zero-order valence-electron chi connectivity index (χ0n) is 19.4. The Kier molecular flexibility index (Phi) is 11.1. The summed E-state index contributed by atoms with van der Waals surface area (Å²) in [5.74, 6) is -1.52. The van der Waals surface area contributed by atoms with Gasteiger partial charge in [-0.2, -0.15) is 0 Å². The van der Waals surface area contributed by atoms with E-state index in [-0.39, 0.29) is 32.2 Å². The standard InChI is InChI=1S/C25H31N3O6/c1-18(2)13-21(24(31)33-16-19-9-5-3-6-10-19)28-23(30)15-26-22(29)14-27-25(32)34-17-20-11-7-4-8-12-20/h3-12,18,21H,13-17H2,1-2H3,(H,26,29)(H,27,32)(H,28,30)/t21-/m1/s1. The van der Waals surface area contributed by atoms with Crippen LogP contribution in [0.4, 0.5) is 4.79 Å². The minimum absolute atomic E-state index is 0.0777. The molecule has 0 bridgehead atoms. The Bertz CT molecular complexity index is 934. The molecule has 0 saturated heterocycles. The molecular formula is C25H31N3O6. The van der Waals surface area contributed by atoms with Gasteiger partial charge in [0.2, 0.25) is 11.8 Å². The van der Waals surface area contributed by atoms with E-state index in [2.05, 4.69) is 16.0 Å². The lowest BCUT2D eigenvalue weighted by Gasteiger charge is -2.19. The van der Waals surface area contributed by atoms with Crippen LogP contribution >= 0.6 is 0 Å². The van der Waals surface area contributed by atoms with Crippen molar-refractivity contribution >= 4 is 23.9 Å². The minimum Gasteiger partial charge on any atom is -0.459 e. The molecule has 2 aromatic rings. The normalized spacial score (nSPS) is 11.3. The SMILES string of the molecule is CC(C)C[C@@H](NC(=O)CNC(=O)CNC(=O)OCc1ccccc1)C(=O)OCc1ccccc1. The van der Waals surface area contributed by atoms with Gasteiger partial charge in [-0.3, -0.25) is 9.59 Å².